The molecule has 0 saturated heterocycles. The predicted molar refractivity (Wildman–Crippen MR) is 86.1 cm³/mol. The van der Waals surface area contributed by atoms with Gasteiger partial charge in [-0.15, -0.1) is 0 Å². The lowest BCUT2D eigenvalue weighted by Gasteiger charge is -2.18. The number of sulfone groups is 1. The summed E-state index contributed by atoms with van der Waals surface area (Å²) < 4.78 is 29.9. The van der Waals surface area contributed by atoms with E-state index in [0.717, 1.165) is 10.0 Å². The first kappa shape index (κ1) is 16.0. The first-order chi connectivity index (χ1) is 9.90. The first-order valence-corrected chi connectivity index (χ1v) is 9.01. The average Bonchev–Trinajstić information content (AvgIpc) is 2.45. The van der Waals surface area contributed by atoms with Crippen LogP contribution in [0, 0.1) is 0 Å². The van der Waals surface area contributed by atoms with Gasteiger partial charge in [0.2, 0.25) is 0 Å². The minimum atomic E-state index is -3.26. The third kappa shape index (κ3) is 4.30. The Balaban J connectivity index is 2.25. The number of benzene rings is 2. The average molecular weight is 370 g/mol. The summed E-state index contributed by atoms with van der Waals surface area (Å²) in [6.45, 7) is 0.296. The van der Waals surface area contributed by atoms with Gasteiger partial charge in [0.1, 0.15) is 11.9 Å². The van der Waals surface area contributed by atoms with Gasteiger partial charge in [-0.3, -0.25) is 0 Å². The van der Waals surface area contributed by atoms with E-state index in [2.05, 4.69) is 15.9 Å². The van der Waals surface area contributed by atoms with Gasteiger partial charge in [0.15, 0.2) is 9.84 Å². The molecule has 2 aromatic rings. The summed E-state index contributed by atoms with van der Waals surface area (Å²) in [6.07, 6.45) is 0.842. The quantitative estimate of drug-likeness (QED) is 0.879. The highest BCUT2D eigenvalue weighted by Crippen LogP contribution is 2.24. The Morgan fingerprint density at radius 1 is 1.19 bits per heavy atom. The maximum Gasteiger partial charge on any atom is 0.175 e. The van der Waals surface area contributed by atoms with Crippen LogP contribution in [0.15, 0.2) is 57.9 Å². The molecule has 0 aliphatic carbocycles. The van der Waals surface area contributed by atoms with Crippen molar-refractivity contribution in [2.24, 2.45) is 5.73 Å². The second-order valence-corrected chi connectivity index (χ2v) is 7.57. The van der Waals surface area contributed by atoms with E-state index in [1.807, 2.05) is 24.3 Å². The van der Waals surface area contributed by atoms with Crippen LogP contribution < -0.4 is 10.5 Å². The molecule has 0 amide bonds. The Morgan fingerprint density at radius 3 is 2.43 bits per heavy atom. The van der Waals surface area contributed by atoms with Gasteiger partial charge in [-0.2, -0.15) is 0 Å². The topological polar surface area (TPSA) is 69.4 Å². The van der Waals surface area contributed by atoms with Gasteiger partial charge in [-0.25, -0.2) is 8.42 Å². The molecule has 0 aliphatic heterocycles. The zero-order chi connectivity index (χ0) is 15.5. The predicted octanol–water partition coefficient (Wildman–Crippen LogP) is 2.93. The van der Waals surface area contributed by atoms with Crippen molar-refractivity contribution in [3.63, 3.8) is 0 Å². The minimum Gasteiger partial charge on any atom is -0.484 e. The Morgan fingerprint density at radius 2 is 1.86 bits per heavy atom. The fourth-order valence-electron chi connectivity index (χ4n) is 1.87. The van der Waals surface area contributed by atoms with E-state index in [1.54, 1.807) is 18.2 Å². The van der Waals surface area contributed by atoms with Crippen molar-refractivity contribution in [3.8, 4) is 5.75 Å². The fourth-order valence-corrected chi connectivity index (χ4v) is 2.79. The van der Waals surface area contributed by atoms with Gasteiger partial charge in [-0.05, 0) is 35.9 Å². The van der Waals surface area contributed by atoms with Crippen molar-refractivity contribution in [3.05, 3.63) is 58.6 Å². The molecule has 0 aromatic heterocycles. The molecule has 1 atom stereocenters. The highest BCUT2D eigenvalue weighted by Gasteiger charge is 2.13. The lowest BCUT2D eigenvalue weighted by atomic mass is 10.1. The smallest absolute Gasteiger partial charge is 0.175 e. The molecule has 2 aromatic carbocycles. The van der Waals surface area contributed by atoms with Crippen LogP contribution in [-0.2, 0) is 9.84 Å². The van der Waals surface area contributed by atoms with Crippen molar-refractivity contribution in [1.82, 2.24) is 0 Å². The molecule has 0 fully saturated rings. The second kappa shape index (κ2) is 6.60. The molecule has 2 rings (SSSR count). The van der Waals surface area contributed by atoms with Crippen molar-refractivity contribution < 1.29 is 13.2 Å². The van der Waals surface area contributed by atoms with Crippen molar-refractivity contribution >= 4 is 25.8 Å². The zero-order valence-electron chi connectivity index (χ0n) is 11.5. The van der Waals surface area contributed by atoms with Crippen LogP contribution in [0.3, 0.4) is 0 Å². The zero-order valence-corrected chi connectivity index (χ0v) is 13.9. The third-order valence-corrected chi connectivity index (χ3v) is 4.61. The summed E-state index contributed by atoms with van der Waals surface area (Å²) in [5.41, 5.74) is 6.70. The summed E-state index contributed by atoms with van der Waals surface area (Å²) in [5, 5.41) is 0. The van der Waals surface area contributed by atoms with Gasteiger partial charge < -0.3 is 10.5 Å². The van der Waals surface area contributed by atoms with E-state index in [9.17, 15) is 8.42 Å². The van der Waals surface area contributed by atoms with Gasteiger partial charge in [0.05, 0.1) is 4.90 Å². The highest BCUT2D eigenvalue weighted by molar-refractivity contribution is 9.10. The Hall–Kier alpha value is -1.37. The van der Waals surface area contributed by atoms with Crippen LogP contribution in [-0.4, -0.2) is 21.2 Å². The molecule has 4 nitrogen and oxygen atoms in total. The van der Waals surface area contributed by atoms with Crippen LogP contribution in [0.5, 0.6) is 5.75 Å². The third-order valence-electron chi connectivity index (χ3n) is 2.97. The normalized spacial score (nSPS) is 12.9. The summed E-state index contributed by atoms with van der Waals surface area (Å²) in [4.78, 5) is 0.228. The molecule has 0 spiro atoms. The minimum absolute atomic E-state index is 0.228. The van der Waals surface area contributed by atoms with Gasteiger partial charge >= 0.3 is 0 Å². The molecular formula is C15H16BrNO3S. The van der Waals surface area contributed by atoms with Crippen molar-refractivity contribution in [1.29, 1.82) is 0 Å². The summed E-state index contributed by atoms with van der Waals surface area (Å²) in [6, 6.07) is 14.1. The lowest BCUT2D eigenvalue weighted by molar-refractivity contribution is 0.213. The number of halogens is 1. The van der Waals surface area contributed by atoms with Crippen LogP contribution >= 0.6 is 15.9 Å². The van der Waals surface area contributed by atoms with E-state index >= 15 is 0 Å². The summed E-state index contributed by atoms with van der Waals surface area (Å²) in [5.74, 6) is 0.483. The number of nitrogens with two attached hydrogens (primary N) is 1. The summed E-state index contributed by atoms with van der Waals surface area (Å²) in [7, 11) is -3.26. The van der Waals surface area contributed by atoms with Crippen molar-refractivity contribution in [2.75, 3.05) is 12.8 Å². The molecule has 6 heteroatoms. The Labute approximate surface area is 133 Å². The molecular weight excluding hydrogens is 354 g/mol. The van der Waals surface area contributed by atoms with E-state index in [0.29, 0.717) is 12.3 Å². The van der Waals surface area contributed by atoms with Crippen LogP contribution in [0.1, 0.15) is 11.7 Å². The van der Waals surface area contributed by atoms with Gasteiger partial charge in [-0.1, -0.05) is 34.1 Å². The van der Waals surface area contributed by atoms with Gasteiger partial charge in [0.25, 0.3) is 0 Å². The number of ether oxygens (including phenoxy) is 1. The maximum absolute atomic E-state index is 11.6. The second-order valence-electron chi connectivity index (χ2n) is 4.64. The molecule has 1 unspecified atom stereocenters. The van der Waals surface area contributed by atoms with E-state index < -0.39 is 9.84 Å². The number of hydrogen-bond donors (Lipinski definition) is 1. The number of hydrogen-bond acceptors (Lipinski definition) is 4. The first-order valence-electron chi connectivity index (χ1n) is 6.32. The molecule has 112 valence electrons. The molecule has 21 heavy (non-hydrogen) atoms. The lowest BCUT2D eigenvalue weighted by Crippen LogP contribution is -2.18. The summed E-state index contributed by atoms with van der Waals surface area (Å²) >= 11 is 3.38. The Kier molecular flexibility index (Phi) is 5.03. The molecule has 0 heterocycles. The molecule has 0 aliphatic rings. The van der Waals surface area contributed by atoms with Crippen molar-refractivity contribution in [2.45, 2.75) is 11.0 Å². The van der Waals surface area contributed by atoms with E-state index in [4.69, 9.17) is 10.5 Å². The van der Waals surface area contributed by atoms with Crippen LogP contribution in [0.4, 0.5) is 0 Å². The van der Waals surface area contributed by atoms with Crippen LogP contribution in [0.25, 0.3) is 0 Å². The number of rotatable bonds is 5. The molecule has 0 radical (unpaired) electrons. The van der Waals surface area contributed by atoms with Crippen LogP contribution in [0.2, 0.25) is 0 Å². The maximum atomic E-state index is 11.6. The fraction of sp³-hybridized carbons (Fsp3) is 0.200. The molecule has 2 N–H and O–H groups in total. The SMILES string of the molecule is CS(=O)(=O)c1cccc(OC(CN)c2ccc(Br)cc2)c1. The monoisotopic (exact) mass is 369 g/mol. The molecule has 0 saturated carbocycles. The standard InChI is InChI=1S/C15H16BrNO3S/c1-21(18,19)14-4-2-3-13(9-14)20-15(10-17)11-5-7-12(16)8-6-11/h2-9,15H,10,17H2,1H3. The largest absolute Gasteiger partial charge is 0.484 e. The van der Waals surface area contributed by atoms with Gasteiger partial charge in [0, 0.05) is 17.3 Å². The highest BCUT2D eigenvalue weighted by atomic mass is 79.9. The molecule has 0 bridgehead atoms. The van der Waals surface area contributed by atoms with E-state index in [-0.39, 0.29) is 11.0 Å². The van der Waals surface area contributed by atoms with E-state index in [1.165, 1.54) is 12.3 Å². The Bertz CT molecular complexity index is 714.